The van der Waals surface area contributed by atoms with Crippen molar-refractivity contribution in [3.05, 3.63) is 64.1 Å². The molecule has 0 aromatic heterocycles. The standard InChI is InChI=1S/C15H15BrO2/c16-15-7-2-1-5-12(15)10-14(18)9-11-4-3-6-13(17)8-11/h1-8,14,17-18H,9-10H2. The average molecular weight is 307 g/mol. The van der Waals surface area contributed by atoms with Crippen LogP contribution >= 0.6 is 15.9 Å². The topological polar surface area (TPSA) is 40.5 Å². The van der Waals surface area contributed by atoms with Gasteiger partial charge in [-0.25, -0.2) is 0 Å². The quantitative estimate of drug-likeness (QED) is 0.910. The summed E-state index contributed by atoms with van der Waals surface area (Å²) in [6.45, 7) is 0. The molecule has 2 aromatic rings. The van der Waals surface area contributed by atoms with E-state index in [-0.39, 0.29) is 5.75 Å². The Morgan fingerprint density at radius 1 is 1.00 bits per heavy atom. The zero-order valence-corrected chi connectivity index (χ0v) is 11.5. The Labute approximate surface area is 115 Å². The van der Waals surface area contributed by atoms with Crippen molar-refractivity contribution in [1.82, 2.24) is 0 Å². The van der Waals surface area contributed by atoms with Gasteiger partial charge in [0.15, 0.2) is 0 Å². The Bertz CT molecular complexity index is 525. The van der Waals surface area contributed by atoms with E-state index in [9.17, 15) is 10.2 Å². The number of hydrogen-bond acceptors (Lipinski definition) is 2. The van der Waals surface area contributed by atoms with Crippen LogP contribution in [0.25, 0.3) is 0 Å². The van der Waals surface area contributed by atoms with Crippen molar-refractivity contribution in [2.45, 2.75) is 18.9 Å². The summed E-state index contributed by atoms with van der Waals surface area (Å²) in [5.41, 5.74) is 2.03. The van der Waals surface area contributed by atoms with Gasteiger partial charge in [0, 0.05) is 4.47 Å². The predicted molar refractivity (Wildman–Crippen MR) is 75.7 cm³/mol. The van der Waals surface area contributed by atoms with Gasteiger partial charge in [-0.1, -0.05) is 46.3 Å². The van der Waals surface area contributed by atoms with E-state index in [1.54, 1.807) is 18.2 Å². The number of aromatic hydroxyl groups is 1. The summed E-state index contributed by atoms with van der Waals surface area (Å²) in [6.07, 6.45) is 0.679. The second kappa shape index (κ2) is 6.03. The fourth-order valence-corrected chi connectivity index (χ4v) is 2.39. The number of phenols is 1. The highest BCUT2D eigenvalue weighted by molar-refractivity contribution is 9.10. The molecule has 0 saturated heterocycles. The van der Waals surface area contributed by atoms with Gasteiger partial charge < -0.3 is 10.2 Å². The van der Waals surface area contributed by atoms with Gasteiger partial charge in [-0.2, -0.15) is 0 Å². The third-order valence-corrected chi connectivity index (χ3v) is 3.57. The summed E-state index contributed by atoms with van der Waals surface area (Å²) in [6, 6.07) is 14.9. The van der Waals surface area contributed by atoms with Gasteiger partial charge in [-0.15, -0.1) is 0 Å². The zero-order valence-electron chi connectivity index (χ0n) is 9.88. The van der Waals surface area contributed by atoms with E-state index >= 15 is 0 Å². The van der Waals surface area contributed by atoms with Gasteiger partial charge in [-0.05, 0) is 42.2 Å². The third kappa shape index (κ3) is 3.59. The fourth-order valence-electron chi connectivity index (χ4n) is 1.95. The van der Waals surface area contributed by atoms with E-state index in [4.69, 9.17) is 0 Å². The van der Waals surface area contributed by atoms with Gasteiger partial charge in [0.25, 0.3) is 0 Å². The molecule has 1 unspecified atom stereocenters. The van der Waals surface area contributed by atoms with E-state index in [1.165, 1.54) is 0 Å². The number of aliphatic hydroxyl groups excluding tert-OH is 1. The van der Waals surface area contributed by atoms with Crippen LogP contribution in [0.5, 0.6) is 5.75 Å². The van der Waals surface area contributed by atoms with E-state index in [1.807, 2.05) is 30.3 Å². The van der Waals surface area contributed by atoms with Crippen molar-refractivity contribution < 1.29 is 10.2 Å². The lowest BCUT2D eigenvalue weighted by Gasteiger charge is -2.12. The lowest BCUT2D eigenvalue weighted by molar-refractivity contribution is 0.175. The first-order valence-electron chi connectivity index (χ1n) is 5.84. The van der Waals surface area contributed by atoms with Gasteiger partial charge >= 0.3 is 0 Å². The Balaban J connectivity index is 2.01. The smallest absolute Gasteiger partial charge is 0.115 e. The molecule has 0 fully saturated rings. The highest BCUT2D eigenvalue weighted by atomic mass is 79.9. The molecule has 2 rings (SSSR count). The van der Waals surface area contributed by atoms with E-state index in [0.29, 0.717) is 12.8 Å². The molecule has 3 heteroatoms. The van der Waals surface area contributed by atoms with E-state index in [0.717, 1.165) is 15.6 Å². The van der Waals surface area contributed by atoms with Crippen molar-refractivity contribution in [2.75, 3.05) is 0 Å². The molecule has 2 nitrogen and oxygen atoms in total. The maximum atomic E-state index is 10.1. The monoisotopic (exact) mass is 306 g/mol. The first-order valence-corrected chi connectivity index (χ1v) is 6.64. The molecule has 0 aliphatic carbocycles. The third-order valence-electron chi connectivity index (χ3n) is 2.80. The highest BCUT2D eigenvalue weighted by Gasteiger charge is 2.09. The molecule has 94 valence electrons. The molecule has 1 atom stereocenters. The van der Waals surface area contributed by atoms with Gasteiger partial charge in [0.1, 0.15) is 5.75 Å². The highest BCUT2D eigenvalue weighted by Crippen LogP contribution is 2.19. The van der Waals surface area contributed by atoms with Crippen molar-refractivity contribution in [1.29, 1.82) is 0 Å². The number of benzene rings is 2. The Hall–Kier alpha value is -1.32. The number of phenolic OH excluding ortho intramolecular Hbond substituents is 1. The maximum absolute atomic E-state index is 10.1. The van der Waals surface area contributed by atoms with Crippen LogP contribution in [0.4, 0.5) is 0 Å². The van der Waals surface area contributed by atoms with E-state index < -0.39 is 6.10 Å². The summed E-state index contributed by atoms with van der Waals surface area (Å²) in [4.78, 5) is 0. The molecule has 0 bridgehead atoms. The Morgan fingerprint density at radius 3 is 2.50 bits per heavy atom. The molecular weight excluding hydrogens is 292 g/mol. The molecular formula is C15H15BrO2. The second-order valence-corrected chi connectivity index (χ2v) is 5.18. The van der Waals surface area contributed by atoms with Crippen LogP contribution < -0.4 is 0 Å². The minimum Gasteiger partial charge on any atom is -0.508 e. The van der Waals surface area contributed by atoms with Gasteiger partial charge in [-0.3, -0.25) is 0 Å². The SMILES string of the molecule is Oc1cccc(CC(O)Cc2ccccc2Br)c1. The van der Waals surface area contributed by atoms with Crippen LogP contribution in [0.1, 0.15) is 11.1 Å². The summed E-state index contributed by atoms with van der Waals surface area (Å²) in [7, 11) is 0. The van der Waals surface area contributed by atoms with Gasteiger partial charge in [0.2, 0.25) is 0 Å². The van der Waals surface area contributed by atoms with Crippen LogP contribution in [0.15, 0.2) is 53.0 Å². The molecule has 0 amide bonds. The van der Waals surface area contributed by atoms with Crippen molar-refractivity contribution in [3.63, 3.8) is 0 Å². The number of halogens is 1. The molecule has 0 spiro atoms. The lowest BCUT2D eigenvalue weighted by Crippen LogP contribution is -2.14. The van der Waals surface area contributed by atoms with Crippen LogP contribution in [-0.4, -0.2) is 16.3 Å². The van der Waals surface area contributed by atoms with Crippen LogP contribution in [0.2, 0.25) is 0 Å². The minimum atomic E-state index is -0.453. The van der Waals surface area contributed by atoms with Crippen LogP contribution in [0, 0.1) is 0 Å². The van der Waals surface area contributed by atoms with Crippen molar-refractivity contribution in [2.24, 2.45) is 0 Å². The fraction of sp³-hybridized carbons (Fsp3) is 0.200. The van der Waals surface area contributed by atoms with Gasteiger partial charge in [0.05, 0.1) is 6.10 Å². The summed E-state index contributed by atoms with van der Waals surface area (Å²) < 4.78 is 1.01. The molecule has 0 radical (unpaired) electrons. The molecule has 0 saturated carbocycles. The molecule has 0 aliphatic rings. The lowest BCUT2D eigenvalue weighted by atomic mass is 10.0. The molecule has 2 N–H and O–H groups in total. The van der Waals surface area contributed by atoms with Crippen molar-refractivity contribution in [3.8, 4) is 5.75 Å². The van der Waals surface area contributed by atoms with E-state index in [2.05, 4.69) is 15.9 Å². The maximum Gasteiger partial charge on any atom is 0.115 e. The number of hydrogen-bond donors (Lipinski definition) is 2. The predicted octanol–water partition coefficient (Wildman–Crippen LogP) is 3.30. The summed E-state index contributed by atoms with van der Waals surface area (Å²) >= 11 is 3.47. The zero-order chi connectivity index (χ0) is 13.0. The largest absolute Gasteiger partial charge is 0.508 e. The minimum absolute atomic E-state index is 0.237. The first kappa shape index (κ1) is 13.1. The normalized spacial score (nSPS) is 12.3. The Kier molecular flexibility index (Phi) is 4.39. The summed E-state index contributed by atoms with van der Waals surface area (Å²) in [5.74, 6) is 0.237. The second-order valence-electron chi connectivity index (χ2n) is 4.32. The summed E-state index contributed by atoms with van der Waals surface area (Å²) in [5, 5.41) is 19.4. The van der Waals surface area contributed by atoms with Crippen LogP contribution in [0.3, 0.4) is 0 Å². The van der Waals surface area contributed by atoms with Crippen LogP contribution in [-0.2, 0) is 12.8 Å². The molecule has 0 heterocycles. The Morgan fingerprint density at radius 2 is 1.78 bits per heavy atom. The number of rotatable bonds is 4. The molecule has 18 heavy (non-hydrogen) atoms. The number of aliphatic hydroxyl groups is 1. The molecule has 0 aliphatic heterocycles. The van der Waals surface area contributed by atoms with Crippen molar-refractivity contribution >= 4 is 15.9 Å². The molecule has 2 aromatic carbocycles. The first-order chi connectivity index (χ1) is 8.65. The average Bonchev–Trinajstić information content (AvgIpc) is 2.32.